The van der Waals surface area contributed by atoms with E-state index >= 15 is 0 Å². The summed E-state index contributed by atoms with van der Waals surface area (Å²) in [7, 11) is 0. The van der Waals surface area contributed by atoms with Gasteiger partial charge in [-0.3, -0.25) is 30.5 Å². The molecule has 31 heavy (non-hydrogen) atoms. The highest BCUT2D eigenvalue weighted by Gasteiger charge is 2.19. The first-order valence-electron chi connectivity index (χ1n) is 10.3. The zero-order chi connectivity index (χ0) is 22.6. The van der Waals surface area contributed by atoms with Crippen molar-refractivity contribution in [1.82, 2.24) is 20.9 Å². The van der Waals surface area contributed by atoms with E-state index in [-0.39, 0.29) is 6.42 Å². The molecular weight excluding hydrogens is 428 g/mol. The number of carbonyl (C=O) groups is 2. The Labute approximate surface area is 194 Å². The lowest BCUT2D eigenvalue weighted by Gasteiger charge is -2.27. The van der Waals surface area contributed by atoms with Crippen LogP contribution in [0, 0.1) is 0 Å². The number of nitrogens with zero attached hydrogens (tertiary/aromatic N) is 2. The minimum atomic E-state index is -0.439. The van der Waals surface area contributed by atoms with Crippen molar-refractivity contribution in [3.8, 4) is 0 Å². The zero-order valence-corrected chi connectivity index (χ0v) is 19.5. The van der Waals surface area contributed by atoms with Gasteiger partial charge in [-0.2, -0.15) is 0 Å². The normalized spacial score (nSPS) is 10.1. The lowest BCUT2D eigenvalue weighted by molar-refractivity contribution is -0.132. The van der Waals surface area contributed by atoms with Crippen molar-refractivity contribution in [2.45, 2.75) is 33.1 Å². The van der Waals surface area contributed by atoms with Gasteiger partial charge >= 0.3 is 0 Å². The number of hydrogen-bond donors (Lipinski definition) is 2. The second kappa shape index (κ2) is 12.8. The van der Waals surface area contributed by atoms with Crippen LogP contribution in [0.25, 0.3) is 0 Å². The molecule has 2 N–H and O–H groups in total. The smallest absolute Gasteiger partial charge is 0.248 e. The van der Waals surface area contributed by atoms with E-state index in [0.29, 0.717) is 23.1 Å². The van der Waals surface area contributed by atoms with Crippen LogP contribution in [0.5, 0.6) is 0 Å². The molecule has 6 nitrogen and oxygen atoms in total. The van der Waals surface area contributed by atoms with E-state index in [2.05, 4.69) is 10.9 Å². The fourth-order valence-electron chi connectivity index (χ4n) is 2.86. The molecule has 2 rings (SSSR count). The largest absolute Gasteiger partial charge is 0.274 e. The van der Waals surface area contributed by atoms with E-state index in [1.54, 1.807) is 10.0 Å². The molecule has 164 valence electrons. The van der Waals surface area contributed by atoms with Crippen LogP contribution < -0.4 is 10.9 Å². The van der Waals surface area contributed by atoms with E-state index < -0.39 is 11.8 Å². The van der Waals surface area contributed by atoms with Crippen molar-refractivity contribution < 1.29 is 9.59 Å². The van der Waals surface area contributed by atoms with Crippen molar-refractivity contribution in [3.05, 3.63) is 71.8 Å². The second-order valence-corrected chi connectivity index (χ2v) is 7.67. The van der Waals surface area contributed by atoms with Crippen molar-refractivity contribution >= 4 is 46.2 Å². The van der Waals surface area contributed by atoms with Gasteiger partial charge in [-0.05, 0) is 12.8 Å². The summed E-state index contributed by atoms with van der Waals surface area (Å²) in [6, 6.07) is 18.9. The number of carbonyl (C=O) groups excluding carboxylic acids is 2. The highest BCUT2D eigenvalue weighted by Crippen LogP contribution is 2.07. The van der Waals surface area contributed by atoms with Crippen LogP contribution in [-0.4, -0.2) is 44.9 Å². The Kier molecular flexibility index (Phi) is 10.1. The van der Waals surface area contributed by atoms with Gasteiger partial charge in [0.15, 0.2) is 0 Å². The Morgan fingerprint density at radius 2 is 1.06 bits per heavy atom. The van der Waals surface area contributed by atoms with Gasteiger partial charge in [0.1, 0.15) is 16.4 Å². The molecule has 0 unspecified atom stereocenters. The summed E-state index contributed by atoms with van der Waals surface area (Å²) in [6.07, 6.45) is 1.24. The molecule has 0 saturated heterocycles. The maximum Gasteiger partial charge on any atom is 0.248 e. The average molecular weight is 457 g/mol. The van der Waals surface area contributed by atoms with Crippen molar-refractivity contribution in [3.63, 3.8) is 0 Å². The molecule has 2 aromatic rings. The van der Waals surface area contributed by atoms with Crippen LogP contribution in [-0.2, 0) is 9.59 Å². The summed E-state index contributed by atoms with van der Waals surface area (Å²) in [4.78, 5) is 26.1. The summed E-state index contributed by atoms with van der Waals surface area (Å²) in [6.45, 7) is 5.07. The first-order chi connectivity index (χ1) is 15.0. The van der Waals surface area contributed by atoms with Crippen LogP contribution >= 0.6 is 24.4 Å². The van der Waals surface area contributed by atoms with Gasteiger partial charge in [0.05, 0.1) is 0 Å². The fourth-order valence-corrected chi connectivity index (χ4v) is 3.41. The number of benzene rings is 2. The van der Waals surface area contributed by atoms with Crippen molar-refractivity contribution in [1.29, 1.82) is 0 Å². The molecule has 2 aromatic carbocycles. The van der Waals surface area contributed by atoms with Crippen LogP contribution in [0.2, 0.25) is 0 Å². The Hall–Kier alpha value is -2.84. The van der Waals surface area contributed by atoms with Crippen LogP contribution in [0.3, 0.4) is 0 Å². The predicted molar refractivity (Wildman–Crippen MR) is 131 cm³/mol. The maximum absolute atomic E-state index is 12.5. The van der Waals surface area contributed by atoms with E-state index in [4.69, 9.17) is 24.4 Å². The van der Waals surface area contributed by atoms with E-state index in [0.717, 1.165) is 24.0 Å². The predicted octanol–water partition coefficient (Wildman–Crippen LogP) is 3.61. The van der Waals surface area contributed by atoms with Gasteiger partial charge in [0.2, 0.25) is 11.8 Å². The molecule has 0 saturated carbocycles. The van der Waals surface area contributed by atoms with E-state index in [9.17, 15) is 9.59 Å². The molecule has 0 fully saturated rings. The van der Waals surface area contributed by atoms with Gasteiger partial charge in [-0.25, -0.2) is 0 Å². The monoisotopic (exact) mass is 456 g/mol. The average Bonchev–Trinajstić information content (AvgIpc) is 2.78. The molecule has 0 atom stereocenters. The number of nitrogens with one attached hydrogen (secondary N) is 2. The number of hydrogen-bond acceptors (Lipinski definition) is 4. The molecule has 0 spiro atoms. The molecule has 2 amide bonds. The maximum atomic E-state index is 12.5. The Morgan fingerprint density at radius 3 is 1.39 bits per heavy atom. The summed E-state index contributed by atoms with van der Waals surface area (Å²) < 4.78 is 0. The third kappa shape index (κ3) is 7.73. The molecule has 0 radical (unpaired) electrons. The van der Waals surface area contributed by atoms with Gasteiger partial charge in [0, 0.05) is 24.2 Å². The van der Waals surface area contributed by atoms with Gasteiger partial charge in [-0.1, -0.05) is 98.9 Å². The van der Waals surface area contributed by atoms with Gasteiger partial charge < -0.3 is 0 Å². The molecular formula is C23H28N4O2S2. The Morgan fingerprint density at radius 1 is 0.710 bits per heavy atom. The van der Waals surface area contributed by atoms with Crippen LogP contribution in [0.4, 0.5) is 0 Å². The van der Waals surface area contributed by atoms with E-state index in [1.165, 1.54) is 0 Å². The number of amides is 2. The lowest BCUT2D eigenvalue weighted by atomic mass is 10.2. The topological polar surface area (TPSA) is 64.7 Å². The summed E-state index contributed by atoms with van der Waals surface area (Å²) in [5.74, 6) is -0.877. The molecule has 0 aliphatic rings. The molecule has 0 aromatic heterocycles. The molecule has 0 aliphatic carbocycles. The standard InChI is InChI=1S/C23H28N4O2S2/c1-3-15-26(22(30)18-11-7-5-8-12-18)24-20(28)17-21(29)25-27(16-4-2)23(31)19-13-9-6-10-14-19/h5-14H,3-4,15-17H2,1-2H3,(H,24,28)(H,25,29). The van der Waals surface area contributed by atoms with E-state index in [1.807, 2.05) is 74.5 Å². The SMILES string of the molecule is CCCN(NC(=O)CC(=O)NN(CCC)C(=S)c1ccccc1)C(=S)c1ccccc1. The minimum Gasteiger partial charge on any atom is -0.274 e. The highest BCUT2D eigenvalue weighted by atomic mass is 32.1. The minimum absolute atomic E-state index is 0.338. The third-order valence-corrected chi connectivity index (χ3v) is 5.18. The van der Waals surface area contributed by atoms with Gasteiger partial charge in [-0.15, -0.1) is 0 Å². The van der Waals surface area contributed by atoms with Crippen LogP contribution in [0.15, 0.2) is 60.7 Å². The molecule has 8 heteroatoms. The molecule has 0 bridgehead atoms. The Bertz CT molecular complexity index is 817. The second-order valence-electron chi connectivity index (χ2n) is 6.89. The lowest BCUT2D eigenvalue weighted by Crippen LogP contribution is -2.50. The number of rotatable bonds is 8. The van der Waals surface area contributed by atoms with Crippen molar-refractivity contribution in [2.24, 2.45) is 0 Å². The molecule has 0 heterocycles. The molecule has 0 aliphatic heterocycles. The Balaban J connectivity index is 1.98. The van der Waals surface area contributed by atoms with Crippen molar-refractivity contribution in [2.75, 3.05) is 13.1 Å². The summed E-state index contributed by atoms with van der Waals surface area (Å²) in [5, 5.41) is 3.22. The summed E-state index contributed by atoms with van der Waals surface area (Å²) in [5.41, 5.74) is 7.17. The number of thiocarbonyl (C=S) groups is 2. The number of hydrazine groups is 2. The first-order valence-corrected chi connectivity index (χ1v) is 11.1. The highest BCUT2D eigenvalue weighted by molar-refractivity contribution is 7.80. The fraction of sp³-hybridized carbons (Fsp3) is 0.304. The van der Waals surface area contributed by atoms with Crippen LogP contribution in [0.1, 0.15) is 44.2 Å². The first kappa shape index (κ1) is 24.4. The third-order valence-electron chi connectivity index (χ3n) is 4.27. The summed E-state index contributed by atoms with van der Waals surface area (Å²) >= 11 is 11.0. The zero-order valence-electron chi connectivity index (χ0n) is 17.8. The van der Waals surface area contributed by atoms with Gasteiger partial charge in [0.25, 0.3) is 0 Å². The quantitative estimate of drug-likeness (QED) is 0.359.